The number of pyridine rings is 1. The standard InChI is InChI=1S/C30H26N6O3S/c1-19-5-8-22(16-26(19)34-30-35-27(18-40-30)21-4-3-15-32-17-21)33-28(37)20-6-9-23(10-7-20)36(29(31)38)24-11-13-25(39-2)14-12-24/h3-18H,1-2H3,(H2,31,38)(H,33,37)(H,34,35). The third-order valence-corrected chi connectivity index (χ3v) is 6.89. The molecule has 3 aromatic carbocycles. The maximum absolute atomic E-state index is 13.0. The smallest absolute Gasteiger partial charge is 0.323 e. The fourth-order valence-electron chi connectivity index (χ4n) is 4.03. The number of aryl methyl sites for hydroxylation is 1. The molecular formula is C30H26N6O3S. The van der Waals surface area contributed by atoms with Crippen LogP contribution in [0.5, 0.6) is 5.75 Å². The molecule has 2 heterocycles. The van der Waals surface area contributed by atoms with Crippen molar-refractivity contribution in [2.75, 3.05) is 22.6 Å². The summed E-state index contributed by atoms with van der Waals surface area (Å²) >= 11 is 1.49. The van der Waals surface area contributed by atoms with Crippen LogP contribution in [0.1, 0.15) is 15.9 Å². The van der Waals surface area contributed by atoms with E-state index in [1.165, 1.54) is 16.2 Å². The van der Waals surface area contributed by atoms with Crippen molar-refractivity contribution in [3.05, 3.63) is 108 Å². The molecular weight excluding hydrogens is 524 g/mol. The highest BCUT2D eigenvalue weighted by molar-refractivity contribution is 7.14. The van der Waals surface area contributed by atoms with Gasteiger partial charge in [-0.05, 0) is 85.3 Å². The van der Waals surface area contributed by atoms with E-state index in [9.17, 15) is 9.59 Å². The number of methoxy groups -OCH3 is 1. The lowest BCUT2D eigenvalue weighted by Gasteiger charge is -2.21. The third-order valence-electron chi connectivity index (χ3n) is 6.14. The third kappa shape index (κ3) is 5.92. The van der Waals surface area contributed by atoms with Crippen molar-refractivity contribution >= 4 is 51.2 Å². The summed E-state index contributed by atoms with van der Waals surface area (Å²) in [6.07, 6.45) is 3.50. The van der Waals surface area contributed by atoms with E-state index in [-0.39, 0.29) is 5.91 Å². The summed E-state index contributed by atoms with van der Waals surface area (Å²) in [5, 5.41) is 8.99. The second kappa shape index (κ2) is 11.7. The number of thiazole rings is 1. The van der Waals surface area contributed by atoms with Gasteiger partial charge in [0.25, 0.3) is 5.91 Å². The van der Waals surface area contributed by atoms with E-state index in [4.69, 9.17) is 10.5 Å². The number of rotatable bonds is 8. The highest BCUT2D eigenvalue weighted by Crippen LogP contribution is 2.30. The number of primary amides is 1. The van der Waals surface area contributed by atoms with Gasteiger partial charge in [-0.3, -0.25) is 14.7 Å². The number of nitrogens with one attached hydrogen (secondary N) is 2. The van der Waals surface area contributed by atoms with E-state index in [1.807, 2.05) is 42.6 Å². The van der Waals surface area contributed by atoms with Crippen LogP contribution >= 0.6 is 11.3 Å². The van der Waals surface area contributed by atoms with E-state index < -0.39 is 6.03 Å². The molecule has 40 heavy (non-hydrogen) atoms. The Morgan fingerprint density at radius 3 is 2.35 bits per heavy atom. The van der Waals surface area contributed by atoms with Crippen molar-refractivity contribution in [2.45, 2.75) is 6.92 Å². The minimum atomic E-state index is -0.644. The second-order valence-corrected chi connectivity index (χ2v) is 9.67. The van der Waals surface area contributed by atoms with Crippen LogP contribution in [0.15, 0.2) is 96.6 Å². The lowest BCUT2D eigenvalue weighted by molar-refractivity contribution is 0.102. The van der Waals surface area contributed by atoms with Crippen molar-refractivity contribution in [1.29, 1.82) is 0 Å². The van der Waals surface area contributed by atoms with Crippen molar-refractivity contribution in [1.82, 2.24) is 9.97 Å². The van der Waals surface area contributed by atoms with Gasteiger partial charge in [-0.15, -0.1) is 11.3 Å². The Kier molecular flexibility index (Phi) is 7.70. The van der Waals surface area contributed by atoms with Crippen molar-refractivity contribution in [3.63, 3.8) is 0 Å². The maximum atomic E-state index is 13.0. The summed E-state index contributed by atoms with van der Waals surface area (Å²) in [6.45, 7) is 1.98. The molecule has 4 N–H and O–H groups in total. The van der Waals surface area contributed by atoms with Crippen molar-refractivity contribution < 1.29 is 14.3 Å². The lowest BCUT2D eigenvalue weighted by Crippen LogP contribution is -2.31. The Morgan fingerprint density at radius 1 is 0.975 bits per heavy atom. The number of anilines is 5. The number of urea groups is 1. The highest BCUT2D eigenvalue weighted by Gasteiger charge is 2.16. The lowest BCUT2D eigenvalue weighted by atomic mass is 10.1. The van der Waals surface area contributed by atoms with Gasteiger partial charge in [-0.25, -0.2) is 9.78 Å². The number of carbonyl (C=O) groups is 2. The van der Waals surface area contributed by atoms with Gasteiger partial charge >= 0.3 is 6.03 Å². The van der Waals surface area contributed by atoms with Gasteiger partial charge in [-0.2, -0.15) is 0 Å². The first-order valence-corrected chi connectivity index (χ1v) is 13.2. The molecule has 200 valence electrons. The minimum Gasteiger partial charge on any atom is -0.497 e. The molecule has 0 bridgehead atoms. The molecule has 5 aromatic rings. The monoisotopic (exact) mass is 550 g/mol. The number of amides is 3. The van der Waals surface area contributed by atoms with E-state index in [1.54, 1.807) is 68.0 Å². The van der Waals surface area contributed by atoms with Gasteiger partial charge in [0.1, 0.15) is 5.75 Å². The van der Waals surface area contributed by atoms with Gasteiger partial charge in [0, 0.05) is 40.3 Å². The summed E-state index contributed by atoms with van der Waals surface area (Å²) < 4.78 is 5.18. The number of hydrogen-bond donors (Lipinski definition) is 3. The van der Waals surface area contributed by atoms with Crippen molar-refractivity contribution in [2.24, 2.45) is 5.73 Å². The van der Waals surface area contributed by atoms with Gasteiger partial charge < -0.3 is 21.1 Å². The average molecular weight is 551 g/mol. The molecule has 0 fully saturated rings. The average Bonchev–Trinajstić information content (AvgIpc) is 3.44. The largest absolute Gasteiger partial charge is 0.497 e. The number of ether oxygens (including phenoxy) is 1. The molecule has 3 amide bonds. The molecule has 0 aliphatic heterocycles. The predicted molar refractivity (Wildman–Crippen MR) is 159 cm³/mol. The Balaban J connectivity index is 1.29. The Bertz CT molecular complexity index is 1640. The molecule has 0 aliphatic rings. The van der Waals surface area contributed by atoms with Gasteiger partial charge in [-0.1, -0.05) is 6.07 Å². The fourth-order valence-corrected chi connectivity index (χ4v) is 4.76. The first kappa shape index (κ1) is 26.4. The minimum absolute atomic E-state index is 0.287. The van der Waals surface area contributed by atoms with Crippen LogP contribution in [0.3, 0.4) is 0 Å². The molecule has 10 heteroatoms. The van der Waals surface area contributed by atoms with Crippen molar-refractivity contribution in [3.8, 4) is 17.0 Å². The van der Waals surface area contributed by atoms with Crippen LogP contribution < -0.4 is 26.0 Å². The first-order valence-electron chi connectivity index (χ1n) is 12.3. The molecule has 0 spiro atoms. The molecule has 0 aliphatic carbocycles. The molecule has 5 rings (SSSR count). The summed E-state index contributed by atoms with van der Waals surface area (Å²) in [5.74, 6) is 0.375. The zero-order valence-corrected chi connectivity index (χ0v) is 22.6. The number of nitrogens with zero attached hydrogens (tertiary/aromatic N) is 3. The molecule has 0 radical (unpaired) electrons. The zero-order valence-electron chi connectivity index (χ0n) is 21.8. The normalized spacial score (nSPS) is 10.6. The van der Waals surface area contributed by atoms with Crippen LogP contribution in [0.25, 0.3) is 11.3 Å². The number of nitrogens with two attached hydrogens (primary N) is 1. The predicted octanol–water partition coefficient (Wildman–Crippen LogP) is 6.73. The van der Waals surface area contributed by atoms with Crippen LogP contribution in [0, 0.1) is 6.92 Å². The summed E-state index contributed by atoms with van der Waals surface area (Å²) in [5.41, 5.74) is 11.4. The van der Waals surface area contributed by atoms with Crippen LogP contribution in [-0.4, -0.2) is 29.0 Å². The number of hydrogen-bond acceptors (Lipinski definition) is 7. The molecule has 0 atom stereocenters. The Labute approximate surface area is 235 Å². The molecule has 0 unspecified atom stereocenters. The zero-order chi connectivity index (χ0) is 28.1. The second-order valence-electron chi connectivity index (χ2n) is 8.81. The summed E-state index contributed by atoms with van der Waals surface area (Å²) in [4.78, 5) is 35.4. The van der Waals surface area contributed by atoms with E-state index >= 15 is 0 Å². The van der Waals surface area contributed by atoms with E-state index in [2.05, 4.69) is 20.6 Å². The fraction of sp³-hybridized carbons (Fsp3) is 0.0667. The van der Waals surface area contributed by atoms with Gasteiger partial charge in [0.05, 0.1) is 24.2 Å². The Hall–Kier alpha value is -5.22. The van der Waals surface area contributed by atoms with E-state index in [0.717, 1.165) is 27.6 Å². The number of carbonyl (C=O) groups excluding carboxylic acids is 2. The summed E-state index contributed by atoms with van der Waals surface area (Å²) in [7, 11) is 1.57. The summed E-state index contributed by atoms with van der Waals surface area (Å²) in [6, 6.07) is 22.4. The molecule has 2 aromatic heterocycles. The number of benzene rings is 3. The van der Waals surface area contributed by atoms with Gasteiger partial charge in [0.2, 0.25) is 0 Å². The number of aromatic nitrogens is 2. The first-order chi connectivity index (χ1) is 19.4. The highest BCUT2D eigenvalue weighted by atomic mass is 32.1. The quantitative estimate of drug-likeness (QED) is 0.197. The van der Waals surface area contributed by atoms with Crippen LogP contribution in [-0.2, 0) is 0 Å². The Morgan fingerprint density at radius 2 is 1.70 bits per heavy atom. The van der Waals surface area contributed by atoms with Gasteiger partial charge in [0.15, 0.2) is 5.13 Å². The van der Waals surface area contributed by atoms with Crippen LogP contribution in [0.2, 0.25) is 0 Å². The molecule has 0 saturated carbocycles. The molecule has 9 nitrogen and oxygen atoms in total. The maximum Gasteiger partial charge on any atom is 0.323 e. The van der Waals surface area contributed by atoms with Crippen LogP contribution in [0.4, 0.5) is 32.7 Å². The SMILES string of the molecule is COc1ccc(N(C(N)=O)c2ccc(C(=O)Nc3ccc(C)c(Nc4nc(-c5cccnc5)cs4)c3)cc2)cc1. The topological polar surface area (TPSA) is 122 Å². The van der Waals surface area contributed by atoms with E-state index in [0.29, 0.717) is 28.4 Å². The molecule has 0 saturated heterocycles.